The maximum absolute atomic E-state index is 13.5. The van der Waals surface area contributed by atoms with Crippen LogP contribution in [0.4, 0.5) is 5.82 Å². The summed E-state index contributed by atoms with van der Waals surface area (Å²) in [7, 11) is 0. The van der Waals surface area contributed by atoms with Gasteiger partial charge in [-0.3, -0.25) is 15.0 Å². The number of hydrogen-bond donors (Lipinski definition) is 2. The number of rotatable bonds is 4. The van der Waals surface area contributed by atoms with E-state index in [-0.39, 0.29) is 40.7 Å². The fourth-order valence-corrected chi connectivity index (χ4v) is 5.01. The smallest absolute Gasteiger partial charge is 0.219 e. The van der Waals surface area contributed by atoms with Crippen LogP contribution >= 0.6 is 0 Å². The van der Waals surface area contributed by atoms with Crippen LogP contribution in [0.25, 0.3) is 0 Å². The number of carbonyl (C=O) groups is 2. The van der Waals surface area contributed by atoms with E-state index in [4.69, 9.17) is 10.4 Å². The number of pyridine rings is 1. The highest BCUT2D eigenvalue weighted by Crippen LogP contribution is 2.40. The van der Waals surface area contributed by atoms with Crippen LogP contribution in [0, 0.1) is 5.41 Å². The molecule has 198 valence electrons. The van der Waals surface area contributed by atoms with Gasteiger partial charge in [-0.2, -0.15) is 0 Å². The van der Waals surface area contributed by atoms with Crippen LogP contribution in [0.3, 0.4) is 0 Å². The molecule has 1 amide bonds. The fraction of sp³-hybridized carbons (Fsp3) is 0.517. The molecule has 4 rings (SSSR count). The van der Waals surface area contributed by atoms with Gasteiger partial charge in [-0.05, 0) is 29.0 Å². The molecule has 0 radical (unpaired) electrons. The van der Waals surface area contributed by atoms with Gasteiger partial charge in [0.05, 0.1) is 6.54 Å². The minimum atomic E-state index is -0.326. The molecule has 1 aromatic carbocycles. The van der Waals surface area contributed by atoms with Crippen molar-refractivity contribution < 1.29 is 14.7 Å². The van der Waals surface area contributed by atoms with Gasteiger partial charge >= 0.3 is 0 Å². The van der Waals surface area contributed by atoms with Crippen molar-refractivity contribution in [3.8, 4) is 5.75 Å². The Bertz CT molecular complexity index is 1210. The van der Waals surface area contributed by atoms with Crippen molar-refractivity contribution in [1.82, 2.24) is 14.8 Å². The lowest BCUT2D eigenvalue weighted by Crippen LogP contribution is -2.48. The molecule has 8 heteroatoms. The SMILES string of the molecule is CC(=O)N1CCN(c2ccc3c(n2)C(=N)N(CC(=O)c2cc(C(C)(C)C)c(O)c(C(C)(C)C)c2)C3)CC1. The lowest BCUT2D eigenvalue weighted by atomic mass is 9.78. The number of nitrogens with zero attached hydrogens (tertiary/aromatic N) is 4. The highest BCUT2D eigenvalue weighted by Gasteiger charge is 2.31. The number of phenols is 1. The van der Waals surface area contributed by atoms with Gasteiger partial charge in [0.15, 0.2) is 5.78 Å². The van der Waals surface area contributed by atoms with E-state index >= 15 is 0 Å². The van der Waals surface area contributed by atoms with Crippen LogP contribution in [0.15, 0.2) is 24.3 Å². The second kappa shape index (κ2) is 9.47. The topological polar surface area (TPSA) is 101 Å². The number of hydrogen-bond acceptors (Lipinski definition) is 6. The van der Waals surface area contributed by atoms with E-state index < -0.39 is 0 Å². The molecule has 1 fully saturated rings. The Morgan fingerprint density at radius 1 is 0.973 bits per heavy atom. The first-order chi connectivity index (χ1) is 17.2. The summed E-state index contributed by atoms with van der Waals surface area (Å²) in [5, 5.41) is 19.8. The third kappa shape index (κ3) is 5.33. The number of benzene rings is 1. The molecule has 2 aliphatic rings. The number of fused-ring (bicyclic) bond motifs is 1. The Morgan fingerprint density at radius 2 is 1.54 bits per heavy atom. The summed E-state index contributed by atoms with van der Waals surface area (Å²) in [6.45, 7) is 17.0. The zero-order chi connectivity index (χ0) is 27.3. The second-order valence-electron chi connectivity index (χ2n) is 12.2. The number of amidine groups is 1. The van der Waals surface area contributed by atoms with Crippen LogP contribution < -0.4 is 4.90 Å². The standard InChI is InChI=1S/C29H39N5O3/c1-18(35)32-10-12-33(13-11-32)24-9-8-19-16-34(27(30)25(19)31-24)17-23(36)20-14-21(28(2,3)4)26(37)22(15-20)29(5,6)7/h8-9,14-15,30,37H,10-13,16-17H2,1-7H3. The van der Waals surface area contributed by atoms with E-state index in [0.717, 1.165) is 22.5 Å². The molecule has 0 spiro atoms. The molecule has 0 saturated carbocycles. The summed E-state index contributed by atoms with van der Waals surface area (Å²) in [5.41, 5.74) is 2.93. The molecule has 2 N–H and O–H groups in total. The Morgan fingerprint density at radius 3 is 2.05 bits per heavy atom. The van der Waals surface area contributed by atoms with Gasteiger partial charge in [-0.1, -0.05) is 47.6 Å². The van der Waals surface area contributed by atoms with Crippen LogP contribution in [-0.4, -0.2) is 70.1 Å². The van der Waals surface area contributed by atoms with Gasteiger partial charge in [0.25, 0.3) is 0 Å². The Kier molecular flexibility index (Phi) is 6.82. The number of anilines is 1. The molecule has 2 aliphatic heterocycles. The summed E-state index contributed by atoms with van der Waals surface area (Å²) in [5.74, 6) is 1.29. The fourth-order valence-electron chi connectivity index (χ4n) is 5.01. The number of Topliss-reactive ketones (excluding diaryl/α,β-unsaturated/α-hetero) is 1. The predicted octanol–water partition coefficient (Wildman–Crippen LogP) is 4.07. The van der Waals surface area contributed by atoms with Crippen molar-refractivity contribution >= 4 is 23.3 Å². The van der Waals surface area contributed by atoms with Gasteiger partial charge in [0.2, 0.25) is 5.91 Å². The molecule has 2 aromatic rings. The molecule has 37 heavy (non-hydrogen) atoms. The number of nitrogens with one attached hydrogen (secondary N) is 1. The maximum Gasteiger partial charge on any atom is 0.219 e. The van der Waals surface area contributed by atoms with Gasteiger partial charge in [0, 0.05) is 61.9 Å². The zero-order valence-corrected chi connectivity index (χ0v) is 23.1. The molecule has 8 nitrogen and oxygen atoms in total. The van der Waals surface area contributed by atoms with Crippen LogP contribution in [0.5, 0.6) is 5.75 Å². The first-order valence-corrected chi connectivity index (χ1v) is 12.9. The molecular weight excluding hydrogens is 466 g/mol. The average molecular weight is 506 g/mol. The lowest BCUT2D eigenvalue weighted by Gasteiger charge is -2.35. The summed E-state index contributed by atoms with van der Waals surface area (Å²) >= 11 is 0. The Hall–Kier alpha value is -3.42. The monoisotopic (exact) mass is 505 g/mol. The molecule has 0 unspecified atom stereocenters. The largest absolute Gasteiger partial charge is 0.507 e. The van der Waals surface area contributed by atoms with Crippen LogP contribution in [-0.2, 0) is 22.2 Å². The number of aromatic nitrogens is 1. The van der Waals surface area contributed by atoms with Gasteiger partial charge < -0.3 is 19.8 Å². The summed E-state index contributed by atoms with van der Waals surface area (Å²) in [6, 6.07) is 7.56. The Labute approximate surface area is 219 Å². The van der Waals surface area contributed by atoms with Crippen molar-refractivity contribution in [3.63, 3.8) is 0 Å². The average Bonchev–Trinajstić information content (AvgIpc) is 3.12. The second-order valence-corrected chi connectivity index (χ2v) is 12.2. The Balaban J connectivity index is 1.53. The predicted molar refractivity (Wildman–Crippen MR) is 146 cm³/mol. The summed E-state index contributed by atoms with van der Waals surface area (Å²) in [6.07, 6.45) is 0. The van der Waals surface area contributed by atoms with E-state index in [2.05, 4.69) is 4.90 Å². The number of piperazine rings is 1. The molecule has 0 bridgehead atoms. The minimum absolute atomic E-state index is 0.0692. The van der Waals surface area contributed by atoms with Crippen molar-refractivity contribution in [2.45, 2.75) is 65.8 Å². The molecule has 0 atom stereocenters. The molecule has 3 heterocycles. The normalized spacial score (nSPS) is 16.3. The van der Waals surface area contributed by atoms with Gasteiger partial charge in [0.1, 0.15) is 23.1 Å². The van der Waals surface area contributed by atoms with Gasteiger partial charge in [-0.15, -0.1) is 0 Å². The van der Waals surface area contributed by atoms with E-state index in [1.165, 1.54) is 0 Å². The van der Waals surface area contributed by atoms with E-state index in [1.54, 1.807) is 24.0 Å². The van der Waals surface area contributed by atoms with Crippen molar-refractivity contribution in [1.29, 1.82) is 5.41 Å². The number of phenolic OH excluding ortho intramolecular Hbond substituents is 1. The van der Waals surface area contributed by atoms with Gasteiger partial charge in [-0.25, -0.2) is 4.98 Å². The third-order valence-electron chi connectivity index (χ3n) is 7.30. The third-order valence-corrected chi connectivity index (χ3v) is 7.30. The number of amides is 1. The first-order valence-electron chi connectivity index (χ1n) is 12.9. The number of aromatic hydroxyl groups is 1. The van der Waals surface area contributed by atoms with Crippen molar-refractivity contribution in [2.24, 2.45) is 0 Å². The maximum atomic E-state index is 13.5. The molecule has 1 aromatic heterocycles. The lowest BCUT2D eigenvalue weighted by molar-refractivity contribution is -0.129. The first kappa shape index (κ1) is 26.6. The van der Waals surface area contributed by atoms with Crippen molar-refractivity contribution in [2.75, 3.05) is 37.6 Å². The van der Waals surface area contributed by atoms with Crippen molar-refractivity contribution in [3.05, 3.63) is 52.2 Å². The zero-order valence-electron chi connectivity index (χ0n) is 23.1. The summed E-state index contributed by atoms with van der Waals surface area (Å²) in [4.78, 5) is 35.6. The van der Waals surface area contributed by atoms with E-state index in [9.17, 15) is 14.7 Å². The summed E-state index contributed by atoms with van der Waals surface area (Å²) < 4.78 is 0. The minimum Gasteiger partial charge on any atom is -0.507 e. The van der Waals surface area contributed by atoms with Crippen LogP contribution in [0.2, 0.25) is 0 Å². The number of ketones is 1. The van der Waals surface area contributed by atoms with Crippen LogP contribution in [0.1, 0.15) is 81.2 Å². The van der Waals surface area contributed by atoms with E-state index in [1.807, 2.05) is 58.6 Å². The highest BCUT2D eigenvalue weighted by atomic mass is 16.3. The molecule has 1 saturated heterocycles. The quantitative estimate of drug-likeness (QED) is 0.608. The molecule has 0 aliphatic carbocycles. The highest BCUT2D eigenvalue weighted by molar-refractivity contribution is 6.04. The number of carbonyl (C=O) groups excluding carboxylic acids is 2. The molecular formula is C29H39N5O3. The van der Waals surface area contributed by atoms with E-state index in [0.29, 0.717) is 44.0 Å².